The van der Waals surface area contributed by atoms with Crippen LogP contribution in [0.25, 0.3) is 0 Å². The number of fused-ring (bicyclic) bond motifs is 1. The van der Waals surface area contributed by atoms with Crippen molar-refractivity contribution in [2.75, 3.05) is 30.9 Å². The van der Waals surface area contributed by atoms with Gasteiger partial charge >= 0.3 is 11.7 Å². The number of nitrogens with zero attached hydrogens (tertiary/aromatic N) is 3. The van der Waals surface area contributed by atoms with E-state index in [-0.39, 0.29) is 12.5 Å². The van der Waals surface area contributed by atoms with Crippen molar-refractivity contribution in [1.82, 2.24) is 9.13 Å². The summed E-state index contributed by atoms with van der Waals surface area (Å²) in [5, 5.41) is 3.03. The normalized spacial score (nSPS) is 17.8. The molecule has 3 rings (SSSR count). The van der Waals surface area contributed by atoms with Crippen molar-refractivity contribution in [3.05, 3.63) is 68.5 Å². The fourth-order valence-corrected chi connectivity index (χ4v) is 3.86. The molecule has 8 nitrogen and oxygen atoms in total. The van der Waals surface area contributed by atoms with Gasteiger partial charge in [0.2, 0.25) is 0 Å². The first-order chi connectivity index (χ1) is 14.5. The molecular formula is C23H30N4O4. The van der Waals surface area contributed by atoms with Crippen LogP contribution in [-0.4, -0.2) is 35.8 Å². The Kier molecular flexibility index (Phi) is 6.10. The van der Waals surface area contributed by atoms with Crippen LogP contribution in [0.5, 0.6) is 0 Å². The molecule has 0 bridgehead atoms. The van der Waals surface area contributed by atoms with Crippen molar-refractivity contribution in [2.45, 2.75) is 19.8 Å². The van der Waals surface area contributed by atoms with Crippen molar-refractivity contribution in [1.29, 1.82) is 0 Å². The third-order valence-electron chi connectivity index (χ3n) is 5.58. The zero-order valence-corrected chi connectivity index (χ0v) is 18.9. The molecule has 166 valence electrons. The van der Waals surface area contributed by atoms with Crippen LogP contribution in [0, 0.1) is 11.8 Å². The van der Waals surface area contributed by atoms with E-state index in [0.29, 0.717) is 17.1 Å². The highest BCUT2D eigenvalue weighted by Crippen LogP contribution is 2.42. The van der Waals surface area contributed by atoms with Gasteiger partial charge in [0.25, 0.3) is 5.56 Å². The van der Waals surface area contributed by atoms with Gasteiger partial charge in [-0.2, -0.15) is 0 Å². The molecule has 1 aliphatic heterocycles. The topological polar surface area (TPSA) is 85.6 Å². The summed E-state index contributed by atoms with van der Waals surface area (Å²) in [7, 11) is 6.90. The fraction of sp³-hybridized carbons (Fsp3) is 0.435. The maximum Gasteiger partial charge on any atom is 0.332 e. The molecule has 8 heteroatoms. The molecule has 0 saturated heterocycles. The highest BCUT2D eigenvalue weighted by molar-refractivity contribution is 5.81. The summed E-state index contributed by atoms with van der Waals surface area (Å²) >= 11 is 0. The van der Waals surface area contributed by atoms with Crippen molar-refractivity contribution in [3.8, 4) is 0 Å². The van der Waals surface area contributed by atoms with Crippen LogP contribution >= 0.6 is 0 Å². The van der Waals surface area contributed by atoms with Gasteiger partial charge in [0.1, 0.15) is 11.7 Å². The van der Waals surface area contributed by atoms with E-state index in [1.807, 2.05) is 57.1 Å². The molecule has 0 fully saturated rings. The summed E-state index contributed by atoms with van der Waals surface area (Å²) in [6.07, 6.45) is 0. The van der Waals surface area contributed by atoms with Crippen LogP contribution in [0.4, 0.5) is 11.5 Å². The SMILES string of the molecule is C=C1Nc2c(c(=O)n(C)c(=O)n2C)[C@@H](c2ccc(N(C)C)cc2)[C@@H]1C(=O)OCC(C)C. The molecule has 1 N–H and O–H groups in total. The number of anilines is 2. The van der Waals surface area contributed by atoms with E-state index in [4.69, 9.17) is 4.74 Å². The lowest BCUT2D eigenvalue weighted by Crippen LogP contribution is -2.46. The summed E-state index contributed by atoms with van der Waals surface area (Å²) < 4.78 is 7.98. The predicted molar refractivity (Wildman–Crippen MR) is 122 cm³/mol. The Morgan fingerprint density at radius 3 is 2.32 bits per heavy atom. The lowest BCUT2D eigenvalue weighted by atomic mass is 9.77. The first-order valence-electron chi connectivity index (χ1n) is 10.2. The first kappa shape index (κ1) is 22.4. The summed E-state index contributed by atoms with van der Waals surface area (Å²) in [4.78, 5) is 40.8. The number of rotatable bonds is 5. The van der Waals surface area contributed by atoms with Gasteiger partial charge in [-0.3, -0.25) is 18.7 Å². The van der Waals surface area contributed by atoms with Crippen molar-refractivity contribution in [2.24, 2.45) is 25.9 Å². The lowest BCUT2D eigenvalue weighted by Gasteiger charge is -2.35. The number of carbonyl (C=O) groups excluding carboxylic acids is 1. The summed E-state index contributed by atoms with van der Waals surface area (Å²) in [6.45, 7) is 8.23. The van der Waals surface area contributed by atoms with E-state index in [1.54, 1.807) is 7.05 Å². The van der Waals surface area contributed by atoms with Gasteiger partial charge in [0, 0.05) is 45.5 Å². The molecule has 0 amide bonds. The smallest absolute Gasteiger partial charge is 0.332 e. The molecule has 2 atom stereocenters. The number of nitrogens with one attached hydrogen (secondary N) is 1. The zero-order valence-electron chi connectivity index (χ0n) is 18.9. The second-order valence-electron chi connectivity index (χ2n) is 8.58. The van der Waals surface area contributed by atoms with Crippen molar-refractivity contribution in [3.63, 3.8) is 0 Å². The number of carbonyl (C=O) groups is 1. The zero-order chi connectivity index (χ0) is 23.0. The van der Waals surface area contributed by atoms with Gasteiger partial charge in [-0.25, -0.2) is 4.79 Å². The second-order valence-corrected chi connectivity index (χ2v) is 8.58. The Morgan fingerprint density at radius 2 is 1.77 bits per heavy atom. The van der Waals surface area contributed by atoms with Crippen LogP contribution < -0.4 is 21.5 Å². The van der Waals surface area contributed by atoms with Gasteiger partial charge < -0.3 is 15.0 Å². The quantitative estimate of drug-likeness (QED) is 0.737. The predicted octanol–water partition coefficient (Wildman–Crippen LogP) is 2.04. The molecule has 31 heavy (non-hydrogen) atoms. The Balaban J connectivity index is 2.23. The Labute approximate surface area is 181 Å². The van der Waals surface area contributed by atoms with E-state index in [0.717, 1.165) is 15.8 Å². The minimum absolute atomic E-state index is 0.174. The van der Waals surface area contributed by atoms with Crippen LogP contribution in [0.3, 0.4) is 0 Å². The number of aromatic nitrogens is 2. The van der Waals surface area contributed by atoms with Gasteiger partial charge in [-0.1, -0.05) is 32.6 Å². The number of ether oxygens (including phenoxy) is 1. The third kappa shape index (κ3) is 4.02. The number of esters is 1. The van der Waals surface area contributed by atoms with Crippen molar-refractivity contribution >= 4 is 17.5 Å². The van der Waals surface area contributed by atoms with Gasteiger partial charge in [-0.15, -0.1) is 0 Å². The molecule has 0 spiro atoms. The first-order valence-corrected chi connectivity index (χ1v) is 10.2. The standard InChI is InChI=1S/C23H30N4O4/c1-13(2)12-31-22(29)17-14(3)24-20-19(21(28)27(7)23(30)26(20)6)18(17)15-8-10-16(11-9-15)25(4)5/h8-11,13,17-18,24H,3,12H2,1-2,4-7H3/t17-,18+/m1/s1. The number of hydrogen-bond acceptors (Lipinski definition) is 6. The van der Waals surface area contributed by atoms with Gasteiger partial charge in [-0.05, 0) is 23.6 Å². The molecule has 1 aliphatic rings. The molecule has 0 unspecified atom stereocenters. The Bertz CT molecular complexity index is 1130. The van der Waals surface area contributed by atoms with Crippen LogP contribution in [0.15, 0.2) is 46.1 Å². The van der Waals surface area contributed by atoms with Crippen LogP contribution in [0.2, 0.25) is 0 Å². The van der Waals surface area contributed by atoms with Gasteiger partial charge in [0.05, 0.1) is 12.2 Å². The summed E-state index contributed by atoms with van der Waals surface area (Å²) in [5.74, 6) is -1.36. The van der Waals surface area contributed by atoms with Gasteiger partial charge in [0.15, 0.2) is 0 Å². The average Bonchev–Trinajstić information content (AvgIpc) is 2.73. The molecule has 0 aliphatic carbocycles. The molecule has 0 saturated carbocycles. The van der Waals surface area contributed by atoms with Crippen LogP contribution in [0.1, 0.15) is 30.9 Å². The highest BCUT2D eigenvalue weighted by atomic mass is 16.5. The molecular weight excluding hydrogens is 396 g/mol. The van der Waals surface area contributed by atoms with Crippen LogP contribution in [-0.2, 0) is 23.6 Å². The molecule has 2 heterocycles. The maximum absolute atomic E-state index is 13.2. The largest absolute Gasteiger partial charge is 0.465 e. The third-order valence-corrected chi connectivity index (χ3v) is 5.58. The minimum atomic E-state index is -0.804. The number of benzene rings is 1. The Hall–Kier alpha value is -3.29. The average molecular weight is 427 g/mol. The lowest BCUT2D eigenvalue weighted by molar-refractivity contribution is -0.148. The molecule has 0 radical (unpaired) electrons. The highest BCUT2D eigenvalue weighted by Gasteiger charge is 2.42. The van der Waals surface area contributed by atoms with E-state index in [2.05, 4.69) is 11.9 Å². The van der Waals surface area contributed by atoms with E-state index >= 15 is 0 Å². The Morgan fingerprint density at radius 1 is 1.16 bits per heavy atom. The van der Waals surface area contributed by atoms with E-state index in [9.17, 15) is 14.4 Å². The molecule has 2 aromatic rings. The maximum atomic E-state index is 13.2. The second kappa shape index (κ2) is 8.45. The van der Waals surface area contributed by atoms with Crippen molar-refractivity contribution < 1.29 is 9.53 Å². The summed E-state index contributed by atoms with van der Waals surface area (Å²) in [5.41, 5.74) is 1.61. The molecule has 1 aromatic carbocycles. The van der Waals surface area contributed by atoms with E-state index < -0.39 is 29.1 Å². The molecule has 1 aromatic heterocycles. The van der Waals surface area contributed by atoms with E-state index in [1.165, 1.54) is 11.6 Å². The minimum Gasteiger partial charge on any atom is -0.465 e. The monoisotopic (exact) mass is 426 g/mol. The summed E-state index contributed by atoms with van der Waals surface area (Å²) in [6, 6.07) is 7.66. The fourth-order valence-electron chi connectivity index (χ4n) is 3.86. The number of hydrogen-bond donors (Lipinski definition) is 1.